The highest BCUT2D eigenvalue weighted by Gasteiger charge is 2.36. The zero-order valence-electron chi connectivity index (χ0n) is 32.3. The van der Waals surface area contributed by atoms with E-state index in [4.69, 9.17) is 19.7 Å². The van der Waals surface area contributed by atoms with Crippen molar-refractivity contribution in [2.24, 2.45) is 0 Å². The van der Waals surface area contributed by atoms with Crippen LogP contribution in [0.25, 0.3) is 67.0 Å². The fourth-order valence-electron chi connectivity index (χ4n) is 9.43. The van der Waals surface area contributed by atoms with Crippen LogP contribution in [0.5, 0.6) is 0 Å². The Morgan fingerprint density at radius 1 is 0.627 bits per heavy atom. The molecule has 2 aliphatic heterocycles. The van der Waals surface area contributed by atoms with Gasteiger partial charge in [-0.2, -0.15) is 0 Å². The van der Waals surface area contributed by atoms with E-state index in [1.54, 1.807) is 0 Å². The molecule has 0 saturated carbocycles. The third-order valence-corrected chi connectivity index (χ3v) is 12.4. The highest BCUT2D eigenvalue weighted by Crippen LogP contribution is 2.40. The lowest BCUT2D eigenvalue weighted by atomic mass is 9.91. The maximum atomic E-state index is 6.41. The molecule has 282 valence electrons. The molecule has 0 saturated heterocycles. The van der Waals surface area contributed by atoms with Crippen LogP contribution >= 0.6 is 0 Å². The van der Waals surface area contributed by atoms with Crippen LogP contribution in [-0.4, -0.2) is 25.6 Å². The molecule has 5 aliphatic rings. The summed E-state index contributed by atoms with van der Waals surface area (Å²) in [6.07, 6.45) is 19.1. The number of ether oxygens (including phenoxy) is 1. The van der Waals surface area contributed by atoms with Crippen LogP contribution in [0, 0.1) is 0 Å². The predicted octanol–water partition coefficient (Wildman–Crippen LogP) is 10.1. The van der Waals surface area contributed by atoms with Gasteiger partial charge in [-0.3, -0.25) is 0 Å². The number of nitrogens with zero attached hydrogens (tertiary/aromatic N) is 4. The molecule has 0 fully saturated rings. The summed E-state index contributed by atoms with van der Waals surface area (Å²) in [5, 5.41) is 8.75. The van der Waals surface area contributed by atoms with Crippen molar-refractivity contribution < 1.29 is 4.74 Å². The second-order valence-corrected chi connectivity index (χ2v) is 15.8. The molecule has 0 spiro atoms. The third-order valence-electron chi connectivity index (χ3n) is 12.4. The summed E-state index contributed by atoms with van der Waals surface area (Å²) >= 11 is 0. The minimum absolute atomic E-state index is 0.0115. The van der Waals surface area contributed by atoms with Gasteiger partial charge in [0.05, 0.1) is 11.0 Å². The first-order valence-corrected chi connectivity index (χ1v) is 20.6. The number of nitrogens with one attached hydrogen (secondary N) is 1. The maximum absolute atomic E-state index is 6.41. The third kappa shape index (κ3) is 5.66. The van der Waals surface area contributed by atoms with Gasteiger partial charge in [-0.25, -0.2) is 15.0 Å². The molecule has 3 aliphatic carbocycles. The van der Waals surface area contributed by atoms with Crippen molar-refractivity contribution in [3.63, 3.8) is 0 Å². The number of hydrogen-bond acceptors (Lipinski definition) is 5. The summed E-state index contributed by atoms with van der Waals surface area (Å²) in [6.45, 7) is 0. The van der Waals surface area contributed by atoms with E-state index in [1.165, 1.54) is 60.2 Å². The van der Waals surface area contributed by atoms with Crippen molar-refractivity contribution in [2.45, 2.75) is 37.6 Å². The van der Waals surface area contributed by atoms with E-state index in [1.807, 2.05) is 18.2 Å². The Balaban J connectivity index is 0.890. The molecule has 4 heterocycles. The lowest BCUT2D eigenvalue weighted by Crippen LogP contribution is -2.46. The van der Waals surface area contributed by atoms with Gasteiger partial charge in [-0.1, -0.05) is 146 Å². The Morgan fingerprint density at radius 3 is 2.17 bits per heavy atom. The van der Waals surface area contributed by atoms with Gasteiger partial charge >= 0.3 is 0 Å². The summed E-state index contributed by atoms with van der Waals surface area (Å²) < 4.78 is 8.80. The molecule has 5 aromatic carbocycles. The van der Waals surface area contributed by atoms with Crippen molar-refractivity contribution >= 4 is 44.5 Å². The number of para-hydroxylation sites is 1. The summed E-state index contributed by atoms with van der Waals surface area (Å²) in [5.41, 5.74) is 11.8. The topological polar surface area (TPSA) is 64.9 Å². The molecule has 6 heteroatoms. The molecule has 0 radical (unpaired) electrons. The van der Waals surface area contributed by atoms with Gasteiger partial charge in [0, 0.05) is 56.1 Å². The highest BCUT2D eigenvalue weighted by atomic mass is 16.5. The van der Waals surface area contributed by atoms with Crippen LogP contribution < -0.4 is 15.8 Å². The highest BCUT2D eigenvalue weighted by molar-refractivity contribution is 6.11. The van der Waals surface area contributed by atoms with E-state index in [2.05, 4.69) is 162 Å². The van der Waals surface area contributed by atoms with Gasteiger partial charge in [0.1, 0.15) is 23.4 Å². The van der Waals surface area contributed by atoms with Gasteiger partial charge in [-0.05, 0) is 65.8 Å². The van der Waals surface area contributed by atoms with Crippen LogP contribution in [0.2, 0.25) is 0 Å². The van der Waals surface area contributed by atoms with E-state index in [9.17, 15) is 0 Å². The first kappa shape index (κ1) is 33.8. The van der Waals surface area contributed by atoms with Crippen LogP contribution in [0.4, 0.5) is 0 Å². The minimum Gasteiger partial charge on any atom is -0.462 e. The lowest BCUT2D eigenvalue weighted by Gasteiger charge is -2.26. The van der Waals surface area contributed by atoms with E-state index in [0.29, 0.717) is 5.82 Å². The average Bonchev–Trinajstić information content (AvgIpc) is 4.02. The molecule has 6 nitrogen and oxygen atoms in total. The first-order valence-electron chi connectivity index (χ1n) is 20.6. The number of aromatic nitrogens is 4. The smallest absolute Gasteiger partial charge is 0.163 e. The summed E-state index contributed by atoms with van der Waals surface area (Å²) in [7, 11) is 0. The number of hydrogen-bond donors (Lipinski definition) is 1. The van der Waals surface area contributed by atoms with Gasteiger partial charge in [0.25, 0.3) is 0 Å². The fraction of sp³-hybridized carbons (Fsp3) is 0.113. The van der Waals surface area contributed by atoms with Crippen molar-refractivity contribution in [3.8, 4) is 22.5 Å². The predicted molar refractivity (Wildman–Crippen MR) is 238 cm³/mol. The molecule has 0 bridgehead atoms. The van der Waals surface area contributed by atoms with Crippen molar-refractivity contribution in [2.75, 3.05) is 0 Å². The van der Waals surface area contributed by atoms with Gasteiger partial charge in [0.2, 0.25) is 0 Å². The molecule has 1 N–H and O–H groups in total. The van der Waals surface area contributed by atoms with Crippen molar-refractivity contribution in [1.29, 1.82) is 0 Å². The normalized spacial score (nSPS) is 19.2. The maximum Gasteiger partial charge on any atom is 0.163 e. The molecule has 12 rings (SSSR count). The number of rotatable bonds is 6. The molecule has 2 atom stereocenters. The summed E-state index contributed by atoms with van der Waals surface area (Å²) in [6, 6.07) is 45.1. The Bertz CT molecular complexity index is 3220. The quantitative estimate of drug-likeness (QED) is 0.183. The minimum atomic E-state index is 0.0115. The van der Waals surface area contributed by atoms with E-state index in [0.717, 1.165) is 65.7 Å². The zero-order chi connectivity index (χ0) is 38.9. The van der Waals surface area contributed by atoms with Crippen LogP contribution in [-0.2, 0) is 4.74 Å². The standard InChI is InChI=1S/C53H39N5O/c1-3-12-33(13-4-1)38-28-31-46-44(32-38)40-16-9-10-20-45(40)58(46)39-29-26-37(27-30-39)53-56-51(35-14-5-2-6-15-35)55-52(57-53)36-24-22-34(23-25-36)48-41-17-7-8-18-42(41)50-49(54-48)43-19-11-21-47(43)59-50/h1-20,22,24,26,28-32,37,49,54H,21,23,25,27H2. The fourth-order valence-corrected chi connectivity index (χ4v) is 9.43. The Labute approximate surface area is 342 Å². The zero-order valence-corrected chi connectivity index (χ0v) is 32.3. The van der Waals surface area contributed by atoms with Crippen molar-refractivity contribution in [3.05, 3.63) is 209 Å². The lowest BCUT2D eigenvalue weighted by molar-refractivity contribution is 0.374. The number of benzene rings is 5. The monoisotopic (exact) mass is 761 g/mol. The first-order chi connectivity index (χ1) is 29.2. The molecule has 2 aromatic heterocycles. The van der Waals surface area contributed by atoms with E-state index < -0.39 is 0 Å². The van der Waals surface area contributed by atoms with Crippen molar-refractivity contribution in [1.82, 2.24) is 24.8 Å². The molecular formula is C53H39N5O. The Kier molecular flexibility index (Phi) is 7.83. The van der Waals surface area contributed by atoms with Gasteiger partial charge in [-0.15, -0.1) is 0 Å². The van der Waals surface area contributed by atoms with Crippen LogP contribution in [0.15, 0.2) is 187 Å². The SMILES string of the molecule is C1=CC2=C(C1)OC1=c3ccccc3=C(C3=CC=C(c4nc(-c5ccccc5)nc(C5C=CC(n6c7ccccc7c7cc(-c8ccccc8)ccc76)=CC5)n4)CC3)NC21. The second kappa shape index (κ2) is 13.7. The average molecular weight is 762 g/mol. The van der Waals surface area contributed by atoms with Gasteiger partial charge < -0.3 is 14.6 Å². The van der Waals surface area contributed by atoms with E-state index >= 15 is 0 Å². The molecular weight excluding hydrogens is 723 g/mol. The summed E-state index contributed by atoms with van der Waals surface area (Å²) in [5.74, 6) is 4.34. The van der Waals surface area contributed by atoms with E-state index in [-0.39, 0.29) is 12.0 Å². The largest absolute Gasteiger partial charge is 0.462 e. The molecule has 2 unspecified atom stereocenters. The van der Waals surface area contributed by atoms with Crippen LogP contribution in [0.1, 0.15) is 43.3 Å². The second-order valence-electron chi connectivity index (χ2n) is 15.8. The number of allylic oxidation sites excluding steroid dienone is 8. The molecule has 59 heavy (non-hydrogen) atoms. The van der Waals surface area contributed by atoms with Crippen LogP contribution in [0.3, 0.4) is 0 Å². The number of fused-ring (bicyclic) bond motifs is 6. The Hall–Kier alpha value is -7.31. The van der Waals surface area contributed by atoms with Gasteiger partial charge in [0.15, 0.2) is 11.6 Å². The molecule has 7 aromatic rings. The Morgan fingerprint density at radius 2 is 1.36 bits per heavy atom. The molecule has 0 amide bonds. The summed E-state index contributed by atoms with van der Waals surface area (Å²) in [4.78, 5) is 15.5.